The molecule has 0 aliphatic rings. The molecule has 0 bridgehead atoms. The third-order valence-electron chi connectivity index (χ3n) is 3.97. The van der Waals surface area contributed by atoms with E-state index < -0.39 is 11.6 Å². The summed E-state index contributed by atoms with van der Waals surface area (Å²) >= 11 is 1.23. The Balaban J connectivity index is 1.76. The van der Waals surface area contributed by atoms with E-state index >= 15 is 0 Å². The summed E-state index contributed by atoms with van der Waals surface area (Å²) in [5.41, 5.74) is 0.624. The first kappa shape index (κ1) is 19.5. The van der Waals surface area contributed by atoms with Crippen molar-refractivity contribution >= 4 is 22.4 Å². The van der Waals surface area contributed by atoms with Gasteiger partial charge in [-0.15, -0.1) is 11.3 Å². The third-order valence-corrected chi connectivity index (χ3v) is 4.72. The number of rotatable bonds is 10. The van der Waals surface area contributed by atoms with Gasteiger partial charge >= 0.3 is 0 Å². The number of unbranched alkanes of at least 4 members (excludes halogenated alkanes) is 6. The van der Waals surface area contributed by atoms with Crippen LogP contribution in [0.3, 0.4) is 0 Å². The first-order valence-electron chi connectivity index (χ1n) is 8.81. The van der Waals surface area contributed by atoms with Crippen LogP contribution in [0, 0.1) is 11.6 Å². The molecule has 136 valence electrons. The second-order valence-corrected chi connectivity index (χ2v) is 6.94. The van der Waals surface area contributed by atoms with Gasteiger partial charge in [0.15, 0.2) is 5.13 Å². The summed E-state index contributed by atoms with van der Waals surface area (Å²) in [4.78, 5) is 16.2. The highest BCUT2D eigenvalue weighted by atomic mass is 32.1. The normalized spacial score (nSPS) is 10.8. The molecule has 0 unspecified atom stereocenters. The van der Waals surface area contributed by atoms with E-state index in [1.54, 1.807) is 5.38 Å². The Kier molecular flexibility index (Phi) is 7.98. The number of halogens is 2. The zero-order chi connectivity index (χ0) is 18.1. The van der Waals surface area contributed by atoms with E-state index in [1.807, 2.05) is 0 Å². The smallest absolute Gasteiger partial charge is 0.226 e. The van der Waals surface area contributed by atoms with E-state index in [-0.39, 0.29) is 11.5 Å². The van der Waals surface area contributed by atoms with Crippen molar-refractivity contribution in [2.75, 3.05) is 5.32 Å². The molecular formula is C19H24F2N2OS. The van der Waals surface area contributed by atoms with Crippen molar-refractivity contribution in [2.45, 2.75) is 58.3 Å². The van der Waals surface area contributed by atoms with Crippen LogP contribution < -0.4 is 5.32 Å². The lowest BCUT2D eigenvalue weighted by molar-refractivity contribution is -0.116. The molecule has 0 atom stereocenters. The van der Waals surface area contributed by atoms with Gasteiger partial charge in [0.2, 0.25) is 5.91 Å². The largest absolute Gasteiger partial charge is 0.302 e. The molecule has 1 aromatic carbocycles. The fourth-order valence-corrected chi connectivity index (χ4v) is 3.30. The molecule has 0 saturated carbocycles. The van der Waals surface area contributed by atoms with Crippen LogP contribution in [0.25, 0.3) is 11.3 Å². The number of nitrogens with zero attached hydrogens (tertiary/aromatic N) is 1. The molecule has 2 aromatic rings. The van der Waals surface area contributed by atoms with Crippen LogP contribution in [-0.2, 0) is 4.79 Å². The second kappa shape index (κ2) is 10.2. The minimum atomic E-state index is -0.661. The van der Waals surface area contributed by atoms with Crippen molar-refractivity contribution < 1.29 is 13.6 Å². The van der Waals surface area contributed by atoms with Crippen LogP contribution in [0.15, 0.2) is 23.6 Å². The van der Waals surface area contributed by atoms with Crippen molar-refractivity contribution in [2.24, 2.45) is 0 Å². The molecular weight excluding hydrogens is 342 g/mol. The van der Waals surface area contributed by atoms with Crippen molar-refractivity contribution in [3.05, 3.63) is 35.2 Å². The Morgan fingerprint density at radius 2 is 1.84 bits per heavy atom. The lowest BCUT2D eigenvalue weighted by Crippen LogP contribution is -2.10. The first-order valence-corrected chi connectivity index (χ1v) is 9.69. The lowest BCUT2D eigenvalue weighted by Gasteiger charge is -2.03. The monoisotopic (exact) mass is 366 g/mol. The number of aromatic nitrogens is 1. The fraction of sp³-hybridized carbons (Fsp3) is 0.474. The summed E-state index contributed by atoms with van der Waals surface area (Å²) in [5, 5.41) is 4.84. The van der Waals surface area contributed by atoms with Gasteiger partial charge in [0.25, 0.3) is 0 Å². The minimum Gasteiger partial charge on any atom is -0.302 e. The molecule has 1 aromatic heterocycles. The Bertz CT molecular complexity index is 688. The zero-order valence-electron chi connectivity index (χ0n) is 14.5. The van der Waals surface area contributed by atoms with Crippen LogP contribution in [0.2, 0.25) is 0 Å². The van der Waals surface area contributed by atoms with Gasteiger partial charge < -0.3 is 5.32 Å². The minimum absolute atomic E-state index is 0.0750. The molecule has 1 N–H and O–H groups in total. The average Bonchev–Trinajstić information content (AvgIpc) is 3.02. The molecule has 1 heterocycles. The summed E-state index contributed by atoms with van der Waals surface area (Å²) in [7, 11) is 0. The first-order chi connectivity index (χ1) is 12.1. The van der Waals surface area contributed by atoms with Crippen LogP contribution in [-0.4, -0.2) is 10.9 Å². The van der Waals surface area contributed by atoms with Crippen molar-refractivity contribution in [1.82, 2.24) is 4.98 Å². The highest BCUT2D eigenvalue weighted by Gasteiger charge is 2.12. The number of anilines is 1. The number of thiazole rings is 1. The van der Waals surface area contributed by atoms with Gasteiger partial charge in [-0.2, -0.15) is 0 Å². The maximum Gasteiger partial charge on any atom is 0.226 e. The Labute approximate surface area is 151 Å². The predicted octanol–water partition coefficient (Wildman–Crippen LogP) is 6.17. The van der Waals surface area contributed by atoms with Gasteiger partial charge in [0.1, 0.15) is 11.6 Å². The third kappa shape index (κ3) is 6.53. The van der Waals surface area contributed by atoms with Gasteiger partial charge in [-0.05, 0) is 18.6 Å². The van der Waals surface area contributed by atoms with Gasteiger partial charge in [0.05, 0.1) is 5.69 Å². The quantitative estimate of drug-likeness (QED) is 0.511. The van der Waals surface area contributed by atoms with E-state index in [0.29, 0.717) is 17.2 Å². The number of carbonyl (C=O) groups excluding carboxylic acids is 1. The van der Waals surface area contributed by atoms with Crippen LogP contribution >= 0.6 is 11.3 Å². The molecule has 0 aliphatic heterocycles. The lowest BCUT2D eigenvalue weighted by atomic mass is 10.1. The van der Waals surface area contributed by atoms with Crippen molar-refractivity contribution in [1.29, 1.82) is 0 Å². The summed E-state index contributed by atoms with van der Waals surface area (Å²) in [5.74, 6) is -1.36. The number of nitrogens with one attached hydrogen (secondary N) is 1. The summed E-state index contributed by atoms with van der Waals surface area (Å²) < 4.78 is 26.7. The Hall–Kier alpha value is -1.82. The molecule has 0 radical (unpaired) electrons. The maximum atomic E-state index is 13.8. The number of hydrogen-bond donors (Lipinski definition) is 1. The molecule has 2 rings (SSSR count). The summed E-state index contributed by atoms with van der Waals surface area (Å²) in [6, 6.07) is 3.37. The molecule has 1 amide bonds. The van der Waals surface area contributed by atoms with E-state index in [1.165, 1.54) is 55.6 Å². The van der Waals surface area contributed by atoms with Crippen LogP contribution in [0.4, 0.5) is 13.9 Å². The van der Waals surface area contributed by atoms with Crippen LogP contribution in [0.1, 0.15) is 58.3 Å². The van der Waals surface area contributed by atoms with Gasteiger partial charge in [0, 0.05) is 23.4 Å². The molecule has 3 nitrogen and oxygen atoms in total. The molecule has 6 heteroatoms. The topological polar surface area (TPSA) is 42.0 Å². The van der Waals surface area contributed by atoms with E-state index in [0.717, 1.165) is 18.9 Å². The predicted molar refractivity (Wildman–Crippen MR) is 98.7 cm³/mol. The second-order valence-electron chi connectivity index (χ2n) is 6.08. The highest BCUT2D eigenvalue weighted by Crippen LogP contribution is 2.27. The molecule has 25 heavy (non-hydrogen) atoms. The molecule has 0 saturated heterocycles. The van der Waals surface area contributed by atoms with Gasteiger partial charge in [-0.3, -0.25) is 4.79 Å². The van der Waals surface area contributed by atoms with Gasteiger partial charge in [-0.1, -0.05) is 45.4 Å². The average molecular weight is 366 g/mol. The number of carbonyl (C=O) groups is 1. The Morgan fingerprint density at radius 1 is 1.12 bits per heavy atom. The number of amides is 1. The van der Waals surface area contributed by atoms with E-state index in [4.69, 9.17) is 0 Å². The summed E-state index contributed by atoms with van der Waals surface area (Å²) in [6.45, 7) is 2.19. The molecule has 0 spiro atoms. The van der Waals surface area contributed by atoms with Crippen molar-refractivity contribution in [3.63, 3.8) is 0 Å². The summed E-state index contributed by atoms with van der Waals surface area (Å²) in [6.07, 6.45) is 8.57. The van der Waals surface area contributed by atoms with Gasteiger partial charge in [-0.25, -0.2) is 13.8 Å². The van der Waals surface area contributed by atoms with Crippen LogP contribution in [0.5, 0.6) is 0 Å². The maximum absolute atomic E-state index is 13.8. The zero-order valence-corrected chi connectivity index (χ0v) is 15.3. The number of hydrogen-bond acceptors (Lipinski definition) is 3. The fourth-order valence-electron chi connectivity index (χ4n) is 2.58. The standard InChI is InChI=1S/C19H24F2N2OS/c1-2-3-4-5-6-7-8-9-18(24)23-19-22-17(13-25-19)15-11-10-14(20)12-16(15)21/h10-13H,2-9H2,1H3,(H,22,23,24). The van der Waals surface area contributed by atoms with E-state index in [2.05, 4.69) is 17.2 Å². The Morgan fingerprint density at radius 3 is 2.56 bits per heavy atom. The SMILES string of the molecule is CCCCCCCCCC(=O)Nc1nc(-c2ccc(F)cc2F)cs1. The van der Waals surface area contributed by atoms with Crippen molar-refractivity contribution in [3.8, 4) is 11.3 Å². The number of benzene rings is 1. The molecule has 0 aliphatic carbocycles. The molecule has 0 fully saturated rings. The van der Waals surface area contributed by atoms with E-state index in [9.17, 15) is 13.6 Å². The highest BCUT2D eigenvalue weighted by molar-refractivity contribution is 7.14.